The topological polar surface area (TPSA) is 38.7 Å². The van der Waals surface area contributed by atoms with Crippen molar-refractivity contribution in [3.8, 4) is 0 Å². The van der Waals surface area contributed by atoms with Gasteiger partial charge >= 0.3 is 0 Å². The average molecular weight is 192 g/mol. The van der Waals surface area contributed by atoms with Crippen molar-refractivity contribution < 1.29 is 14.6 Å². The van der Waals surface area contributed by atoms with Crippen LogP contribution in [0.1, 0.15) is 34.1 Å². The summed E-state index contributed by atoms with van der Waals surface area (Å²) in [5, 5.41) is 8.65. The van der Waals surface area contributed by atoms with Gasteiger partial charge in [-0.1, -0.05) is 6.92 Å². The van der Waals surface area contributed by atoms with Gasteiger partial charge in [0.2, 0.25) is 0 Å². The van der Waals surface area contributed by atoms with Gasteiger partial charge in [-0.3, -0.25) is 0 Å². The second-order valence-corrected chi connectivity index (χ2v) is 2.71. The van der Waals surface area contributed by atoms with Gasteiger partial charge in [0.25, 0.3) is 0 Å². The Morgan fingerprint density at radius 2 is 1.62 bits per heavy atom. The molecule has 3 nitrogen and oxygen atoms in total. The van der Waals surface area contributed by atoms with Crippen LogP contribution in [0.2, 0.25) is 0 Å². The molecule has 1 unspecified atom stereocenters. The molecule has 0 heterocycles. The highest BCUT2D eigenvalue weighted by Crippen LogP contribution is 1.83. The lowest BCUT2D eigenvalue weighted by Gasteiger charge is -2.02. The Hall–Kier alpha value is -0.120. The van der Waals surface area contributed by atoms with Crippen LogP contribution in [-0.2, 0) is 9.47 Å². The van der Waals surface area contributed by atoms with E-state index in [9.17, 15) is 0 Å². The third-order valence-electron chi connectivity index (χ3n) is 1.12. The van der Waals surface area contributed by atoms with E-state index in [4.69, 9.17) is 14.6 Å². The fourth-order valence-electron chi connectivity index (χ4n) is 0.602. The summed E-state index contributed by atoms with van der Waals surface area (Å²) < 4.78 is 9.83. The van der Waals surface area contributed by atoms with Crippen molar-refractivity contribution >= 4 is 0 Å². The molecule has 0 aliphatic rings. The number of rotatable bonds is 6. The first-order valence-electron chi connectivity index (χ1n) is 5.02. The zero-order valence-corrected chi connectivity index (χ0v) is 9.38. The van der Waals surface area contributed by atoms with E-state index in [1.165, 1.54) is 0 Å². The lowest BCUT2D eigenvalue weighted by atomic mass is 10.4. The van der Waals surface area contributed by atoms with Crippen molar-refractivity contribution in [3.05, 3.63) is 0 Å². The minimum atomic E-state index is -0.318. The van der Waals surface area contributed by atoms with Crippen LogP contribution in [0.5, 0.6) is 0 Å². The monoisotopic (exact) mass is 192 g/mol. The number of hydrogen-bond donors (Lipinski definition) is 1. The van der Waals surface area contributed by atoms with E-state index in [2.05, 4.69) is 0 Å². The molecule has 0 rings (SSSR count). The Labute approximate surface area is 82.1 Å². The molecule has 0 bridgehead atoms. The van der Waals surface area contributed by atoms with Crippen molar-refractivity contribution in [2.24, 2.45) is 0 Å². The third-order valence-corrected chi connectivity index (χ3v) is 1.12. The molecule has 82 valence electrons. The smallest absolute Gasteiger partial charge is 0.0745 e. The van der Waals surface area contributed by atoms with Crippen molar-refractivity contribution in [1.29, 1.82) is 0 Å². The van der Waals surface area contributed by atoms with Crippen LogP contribution in [-0.4, -0.2) is 37.6 Å². The number of ether oxygens (including phenoxy) is 2. The van der Waals surface area contributed by atoms with Crippen molar-refractivity contribution in [1.82, 2.24) is 0 Å². The molecular formula is C10H24O3. The van der Waals surface area contributed by atoms with Gasteiger partial charge in [-0.2, -0.15) is 0 Å². The maximum absolute atomic E-state index is 8.65. The fraction of sp³-hybridized carbons (Fsp3) is 1.00. The van der Waals surface area contributed by atoms with E-state index in [-0.39, 0.29) is 6.10 Å². The largest absolute Gasteiger partial charge is 0.391 e. The SMILES string of the molecule is CCCOCC(C)O.CCOCC. The number of aliphatic hydroxyl groups is 1. The Balaban J connectivity index is 0. The summed E-state index contributed by atoms with van der Waals surface area (Å²) >= 11 is 0. The van der Waals surface area contributed by atoms with E-state index in [0.717, 1.165) is 26.2 Å². The predicted molar refractivity (Wildman–Crippen MR) is 55.0 cm³/mol. The zero-order valence-electron chi connectivity index (χ0n) is 9.38. The van der Waals surface area contributed by atoms with Gasteiger partial charge in [0.15, 0.2) is 0 Å². The Morgan fingerprint density at radius 1 is 1.08 bits per heavy atom. The Kier molecular flexibility index (Phi) is 17.0. The second-order valence-electron chi connectivity index (χ2n) is 2.71. The van der Waals surface area contributed by atoms with Crippen LogP contribution >= 0.6 is 0 Å². The van der Waals surface area contributed by atoms with Gasteiger partial charge in [-0.05, 0) is 27.2 Å². The molecule has 3 heteroatoms. The Morgan fingerprint density at radius 3 is 1.85 bits per heavy atom. The van der Waals surface area contributed by atoms with E-state index in [0.29, 0.717) is 6.61 Å². The van der Waals surface area contributed by atoms with E-state index >= 15 is 0 Å². The van der Waals surface area contributed by atoms with Crippen LogP contribution in [0.3, 0.4) is 0 Å². The fourth-order valence-corrected chi connectivity index (χ4v) is 0.602. The summed E-state index contributed by atoms with van der Waals surface area (Å²) in [5.41, 5.74) is 0. The number of hydrogen-bond acceptors (Lipinski definition) is 3. The molecular weight excluding hydrogens is 168 g/mol. The molecule has 0 amide bonds. The maximum atomic E-state index is 8.65. The summed E-state index contributed by atoms with van der Waals surface area (Å²) in [6.45, 7) is 10.6. The van der Waals surface area contributed by atoms with Crippen molar-refractivity contribution in [2.75, 3.05) is 26.4 Å². The molecule has 0 saturated carbocycles. The van der Waals surface area contributed by atoms with E-state index in [1.54, 1.807) is 6.92 Å². The van der Waals surface area contributed by atoms with Crippen molar-refractivity contribution in [2.45, 2.75) is 40.2 Å². The van der Waals surface area contributed by atoms with Gasteiger partial charge in [-0.25, -0.2) is 0 Å². The van der Waals surface area contributed by atoms with E-state index in [1.807, 2.05) is 20.8 Å². The standard InChI is InChI=1S/C6H14O2.C4H10O/c1-3-4-8-5-6(2)7;1-3-5-4-2/h6-7H,3-5H2,1-2H3;3-4H2,1-2H3. The highest BCUT2D eigenvalue weighted by atomic mass is 16.5. The third kappa shape index (κ3) is 24.5. The average Bonchev–Trinajstić information content (AvgIpc) is 2.07. The molecule has 0 aromatic heterocycles. The Bertz CT molecular complexity index is 72.6. The predicted octanol–water partition coefficient (Wildman–Crippen LogP) is 1.84. The summed E-state index contributed by atoms with van der Waals surface area (Å²) in [4.78, 5) is 0. The van der Waals surface area contributed by atoms with Crippen LogP contribution < -0.4 is 0 Å². The molecule has 0 fully saturated rings. The molecule has 0 radical (unpaired) electrons. The highest BCUT2D eigenvalue weighted by Gasteiger charge is 1.91. The van der Waals surface area contributed by atoms with Gasteiger partial charge in [0, 0.05) is 19.8 Å². The molecule has 0 aliphatic heterocycles. The van der Waals surface area contributed by atoms with E-state index < -0.39 is 0 Å². The molecule has 1 atom stereocenters. The number of aliphatic hydroxyl groups excluding tert-OH is 1. The van der Waals surface area contributed by atoms with Crippen LogP contribution in [0.25, 0.3) is 0 Å². The molecule has 0 saturated heterocycles. The van der Waals surface area contributed by atoms with Gasteiger partial charge in [-0.15, -0.1) is 0 Å². The van der Waals surface area contributed by atoms with Crippen molar-refractivity contribution in [3.63, 3.8) is 0 Å². The molecule has 0 aliphatic carbocycles. The molecule has 0 spiro atoms. The van der Waals surface area contributed by atoms with Crippen LogP contribution in [0.4, 0.5) is 0 Å². The summed E-state index contributed by atoms with van der Waals surface area (Å²) in [5.74, 6) is 0. The normalized spacial score (nSPS) is 11.8. The van der Waals surface area contributed by atoms with Crippen LogP contribution in [0.15, 0.2) is 0 Å². The van der Waals surface area contributed by atoms with Gasteiger partial charge in [0.1, 0.15) is 0 Å². The quantitative estimate of drug-likeness (QED) is 0.653. The molecule has 1 N–H and O–H groups in total. The minimum Gasteiger partial charge on any atom is -0.391 e. The first-order valence-corrected chi connectivity index (χ1v) is 5.02. The molecule has 0 aromatic carbocycles. The first kappa shape index (κ1) is 15.4. The minimum absolute atomic E-state index is 0.318. The maximum Gasteiger partial charge on any atom is 0.0745 e. The molecule has 0 aromatic rings. The van der Waals surface area contributed by atoms with Gasteiger partial charge < -0.3 is 14.6 Å². The lowest BCUT2D eigenvalue weighted by molar-refractivity contribution is 0.0466. The van der Waals surface area contributed by atoms with Gasteiger partial charge in [0.05, 0.1) is 12.7 Å². The summed E-state index contributed by atoms with van der Waals surface area (Å²) in [7, 11) is 0. The lowest BCUT2D eigenvalue weighted by Crippen LogP contribution is -2.10. The molecule has 13 heavy (non-hydrogen) atoms. The van der Waals surface area contributed by atoms with Crippen LogP contribution in [0, 0.1) is 0 Å². The first-order chi connectivity index (χ1) is 6.18. The highest BCUT2D eigenvalue weighted by molar-refractivity contribution is 4.39. The summed E-state index contributed by atoms with van der Waals surface area (Å²) in [6, 6.07) is 0. The summed E-state index contributed by atoms with van der Waals surface area (Å²) in [6.07, 6.45) is 0.703. The zero-order chi connectivity index (χ0) is 10.5. The second kappa shape index (κ2) is 14.4.